The number of carbonyl (C=O) groups is 1. The number of aliphatic hydroxyl groups excluding tert-OH is 1. The molecule has 3 aromatic rings. The van der Waals surface area contributed by atoms with Crippen LogP contribution in [0, 0.1) is 23.4 Å². The zero-order valence-corrected chi connectivity index (χ0v) is 49.4. The Labute approximate surface area is 458 Å². The van der Waals surface area contributed by atoms with Crippen LogP contribution in [0.2, 0.25) is 0 Å². The van der Waals surface area contributed by atoms with Crippen LogP contribution in [0.5, 0.6) is 0 Å². The SMILES string of the molecule is CC(C)=CC(CC(C)(C)c1ccc(F)cc1)N1CCC(CCO)CC1.CCOC1CCN(C(C=C(C)C)CC(C)(C)c2ccc(F)cc2)CC1.COC(=O)N1CCN(C(C=C(C)C)CC(C)(C)c2ccc(F)cc2)CC1. The van der Waals surface area contributed by atoms with Gasteiger partial charge in [-0.25, -0.2) is 18.0 Å². The lowest BCUT2D eigenvalue weighted by Gasteiger charge is -2.40. The van der Waals surface area contributed by atoms with Crippen LogP contribution in [0.1, 0.15) is 158 Å². The monoisotopic (exact) mass is 1060 g/mol. The predicted molar refractivity (Wildman–Crippen MR) is 310 cm³/mol. The quantitative estimate of drug-likeness (QED) is 0.120. The van der Waals surface area contributed by atoms with Crippen LogP contribution in [0.4, 0.5) is 18.0 Å². The summed E-state index contributed by atoms with van der Waals surface area (Å²) < 4.78 is 50.4. The minimum atomic E-state index is -0.255. The number of benzene rings is 3. The van der Waals surface area contributed by atoms with Gasteiger partial charge >= 0.3 is 6.09 Å². The fraction of sp³-hybridized carbons (Fsp3) is 0.615. The van der Waals surface area contributed by atoms with Crippen LogP contribution in [-0.4, -0.2) is 128 Å². The highest BCUT2D eigenvalue weighted by Gasteiger charge is 2.34. The maximum atomic E-state index is 13.3. The summed E-state index contributed by atoms with van der Waals surface area (Å²) in [6.07, 6.45) is 15.7. The molecule has 3 fully saturated rings. The van der Waals surface area contributed by atoms with Crippen LogP contribution < -0.4 is 0 Å². The molecule has 11 heteroatoms. The molecule has 8 nitrogen and oxygen atoms in total. The first-order valence-corrected chi connectivity index (χ1v) is 28.4. The van der Waals surface area contributed by atoms with Crippen LogP contribution in [0.25, 0.3) is 0 Å². The Balaban J connectivity index is 0.000000246. The summed E-state index contributed by atoms with van der Waals surface area (Å²) in [5.74, 6) is 0.118. The second kappa shape index (κ2) is 30.8. The molecule has 3 unspecified atom stereocenters. The van der Waals surface area contributed by atoms with E-state index in [1.807, 2.05) is 36.4 Å². The van der Waals surface area contributed by atoms with E-state index < -0.39 is 0 Å². The highest BCUT2D eigenvalue weighted by atomic mass is 19.1. The molecule has 3 heterocycles. The minimum absolute atomic E-state index is 0.00108. The highest BCUT2D eigenvalue weighted by molar-refractivity contribution is 5.67. The van der Waals surface area contributed by atoms with Gasteiger partial charge in [-0.15, -0.1) is 0 Å². The fourth-order valence-electron chi connectivity index (χ4n) is 11.4. The number of hydrogen-bond donors (Lipinski definition) is 1. The van der Waals surface area contributed by atoms with E-state index in [1.54, 1.807) is 29.2 Å². The Hall–Kier alpha value is -4.26. The molecule has 3 aromatic carbocycles. The summed E-state index contributed by atoms with van der Waals surface area (Å²) in [5, 5.41) is 9.16. The lowest BCUT2D eigenvalue weighted by Crippen LogP contribution is -2.52. The predicted octanol–water partition coefficient (Wildman–Crippen LogP) is 14.5. The number of piperidine rings is 2. The fourth-order valence-corrected chi connectivity index (χ4v) is 11.4. The maximum Gasteiger partial charge on any atom is 0.409 e. The Bertz CT molecular complexity index is 2140. The van der Waals surface area contributed by atoms with Crippen molar-refractivity contribution in [2.45, 2.75) is 182 Å². The lowest BCUT2D eigenvalue weighted by molar-refractivity contribution is 0.00616. The third kappa shape index (κ3) is 21.2. The van der Waals surface area contributed by atoms with Crippen molar-refractivity contribution >= 4 is 6.09 Å². The van der Waals surface area contributed by atoms with Crippen molar-refractivity contribution in [1.29, 1.82) is 0 Å². The van der Waals surface area contributed by atoms with Gasteiger partial charge in [-0.05, 0) is 188 Å². The van der Waals surface area contributed by atoms with Crippen molar-refractivity contribution in [1.82, 2.24) is 19.6 Å². The molecule has 3 aliphatic heterocycles. The summed E-state index contributed by atoms with van der Waals surface area (Å²) >= 11 is 0. The van der Waals surface area contributed by atoms with Crippen LogP contribution in [0.3, 0.4) is 0 Å². The first-order chi connectivity index (χ1) is 35.9. The Morgan fingerprint density at radius 2 is 0.868 bits per heavy atom. The smallest absolute Gasteiger partial charge is 0.409 e. The number of nitrogens with zero attached hydrogens (tertiary/aromatic N) is 4. The van der Waals surface area contributed by atoms with E-state index in [9.17, 15) is 18.0 Å². The number of methoxy groups -OCH3 is 1. The third-order valence-electron chi connectivity index (χ3n) is 15.8. The molecule has 0 aliphatic carbocycles. The van der Waals surface area contributed by atoms with Gasteiger partial charge in [-0.2, -0.15) is 0 Å². The number of piperazine rings is 1. The van der Waals surface area contributed by atoms with Gasteiger partial charge in [0, 0.05) is 70.6 Å². The molecule has 0 bridgehead atoms. The van der Waals surface area contributed by atoms with Crippen molar-refractivity contribution in [3.8, 4) is 0 Å². The normalized spacial score (nSPS) is 17.7. The number of aliphatic hydroxyl groups is 1. The van der Waals surface area contributed by atoms with Crippen molar-refractivity contribution in [3.63, 3.8) is 0 Å². The van der Waals surface area contributed by atoms with E-state index in [0.717, 1.165) is 90.0 Å². The average molecular weight is 1060 g/mol. The Morgan fingerprint density at radius 1 is 0.553 bits per heavy atom. The number of carbonyl (C=O) groups excluding carboxylic acids is 1. The molecule has 3 atom stereocenters. The number of halogens is 3. The van der Waals surface area contributed by atoms with E-state index in [1.165, 1.54) is 59.9 Å². The number of allylic oxidation sites excluding steroid dienone is 3. The minimum Gasteiger partial charge on any atom is -0.453 e. The number of likely N-dealkylation sites (tertiary alicyclic amines) is 2. The van der Waals surface area contributed by atoms with E-state index in [0.29, 0.717) is 43.8 Å². The molecule has 1 N–H and O–H groups in total. The zero-order chi connectivity index (χ0) is 56.2. The molecule has 424 valence electrons. The van der Waals surface area contributed by atoms with E-state index in [4.69, 9.17) is 14.6 Å². The second-order valence-electron chi connectivity index (χ2n) is 24.4. The first kappa shape index (κ1) is 64.3. The molecular weight excluding hydrogens is 958 g/mol. The summed E-state index contributed by atoms with van der Waals surface area (Å²) in [4.78, 5) is 21.1. The number of amides is 1. The molecule has 0 spiro atoms. The lowest BCUT2D eigenvalue weighted by atomic mass is 9.78. The number of hydrogen-bond acceptors (Lipinski definition) is 7. The van der Waals surface area contributed by atoms with Gasteiger partial charge < -0.3 is 19.5 Å². The van der Waals surface area contributed by atoms with Gasteiger partial charge in [0.15, 0.2) is 0 Å². The molecule has 3 saturated heterocycles. The van der Waals surface area contributed by atoms with Gasteiger partial charge in [-0.1, -0.05) is 113 Å². The zero-order valence-electron chi connectivity index (χ0n) is 49.4. The van der Waals surface area contributed by atoms with E-state index in [2.05, 4.69) is 123 Å². The van der Waals surface area contributed by atoms with Gasteiger partial charge in [0.25, 0.3) is 0 Å². The van der Waals surface area contributed by atoms with Crippen molar-refractivity contribution < 1.29 is 32.5 Å². The molecule has 0 saturated carbocycles. The molecular formula is C65H99F3N4O4. The average Bonchev–Trinajstić information content (AvgIpc) is 3.36. The standard InChI is InChI=1S/2C22H34FNO.C21H31FN2O2/c1-17(2)15-21(24-12-9-18(10-13-24)11-14-25)16-22(3,4)19-5-7-20(23)8-6-19;1-6-25-21-11-13-24(14-12-21)20(15-17(2)3)16-22(4,5)18-7-9-19(23)10-8-18;1-16(2)14-19(23-10-12-24(13-11-23)20(25)26-5)15-21(3,4)17-6-8-18(22)9-7-17/h5-8,15,18,21,25H,9-14,16H2,1-4H3;7-10,15,20-21H,6,11-14,16H2,1-5H3;6-9,14,19H,10-13,15H2,1-5H3. The van der Waals surface area contributed by atoms with Gasteiger partial charge in [0.1, 0.15) is 17.5 Å². The number of rotatable bonds is 19. The Morgan fingerprint density at radius 3 is 1.16 bits per heavy atom. The largest absolute Gasteiger partial charge is 0.453 e. The van der Waals surface area contributed by atoms with E-state index >= 15 is 0 Å². The summed E-state index contributed by atoms with van der Waals surface area (Å²) in [6.45, 7) is 36.9. The molecule has 1 amide bonds. The third-order valence-corrected chi connectivity index (χ3v) is 15.8. The molecule has 0 aromatic heterocycles. The molecule has 3 aliphatic rings. The summed E-state index contributed by atoms with van der Waals surface area (Å²) in [7, 11) is 1.42. The van der Waals surface area contributed by atoms with Crippen LogP contribution in [-0.2, 0) is 25.7 Å². The highest BCUT2D eigenvalue weighted by Crippen LogP contribution is 2.35. The van der Waals surface area contributed by atoms with Crippen LogP contribution >= 0.6 is 0 Å². The van der Waals surface area contributed by atoms with E-state index in [-0.39, 0.29) is 45.8 Å². The first-order valence-electron chi connectivity index (χ1n) is 28.4. The molecule has 0 radical (unpaired) electrons. The Kier molecular flexibility index (Phi) is 26.0. The summed E-state index contributed by atoms with van der Waals surface area (Å²) in [5.41, 5.74) is 7.42. The molecule has 6 rings (SSSR count). The van der Waals surface area contributed by atoms with Crippen molar-refractivity contribution in [2.24, 2.45) is 5.92 Å². The second-order valence-corrected chi connectivity index (χ2v) is 24.4. The topological polar surface area (TPSA) is 68.7 Å². The summed E-state index contributed by atoms with van der Waals surface area (Å²) in [6, 6.07) is 21.9. The van der Waals surface area contributed by atoms with Crippen molar-refractivity contribution in [2.75, 3.05) is 72.7 Å². The number of ether oxygens (including phenoxy) is 2. The van der Waals surface area contributed by atoms with Gasteiger partial charge in [0.05, 0.1) is 13.2 Å². The van der Waals surface area contributed by atoms with Gasteiger partial charge in [0.2, 0.25) is 0 Å². The maximum absolute atomic E-state index is 13.3. The molecule has 76 heavy (non-hydrogen) atoms. The van der Waals surface area contributed by atoms with Gasteiger partial charge in [-0.3, -0.25) is 14.7 Å². The van der Waals surface area contributed by atoms with Crippen molar-refractivity contribution in [3.05, 3.63) is 142 Å². The van der Waals surface area contributed by atoms with Crippen LogP contribution in [0.15, 0.2) is 108 Å².